The van der Waals surface area contributed by atoms with Crippen LogP contribution in [0.2, 0.25) is 4.34 Å². The first kappa shape index (κ1) is 15.3. The van der Waals surface area contributed by atoms with Crippen LogP contribution in [0.4, 0.5) is 10.5 Å². The number of amides is 2. The van der Waals surface area contributed by atoms with Gasteiger partial charge in [0.05, 0.1) is 5.69 Å². The Morgan fingerprint density at radius 2 is 2.15 bits per heavy atom. The number of nitrogens with zero attached hydrogens (tertiary/aromatic N) is 1. The number of Topliss-reactive ketones (excluding diaryl/α,β-unsaturated/α-hetero) is 1. The molecule has 108 valence electrons. The Bertz CT molecular complexity index is 698. The molecule has 1 unspecified atom stereocenters. The second-order valence-electron chi connectivity index (χ2n) is 3.52. The molecule has 1 aliphatic rings. The molecule has 0 bridgehead atoms. The van der Waals surface area contributed by atoms with Gasteiger partial charge in [-0.15, -0.1) is 11.3 Å². The van der Waals surface area contributed by atoms with E-state index in [2.05, 4.69) is 15.0 Å². The van der Waals surface area contributed by atoms with Crippen LogP contribution in [0.15, 0.2) is 15.8 Å². The molecule has 0 spiro atoms. The third-order valence-corrected chi connectivity index (χ3v) is 5.82. The van der Waals surface area contributed by atoms with Crippen molar-refractivity contribution in [3.05, 3.63) is 15.8 Å². The summed E-state index contributed by atoms with van der Waals surface area (Å²) in [5.74, 6) is -1.25. The molecular formula is C8H7ClN4O4S3. The minimum atomic E-state index is -4.07. The van der Waals surface area contributed by atoms with Crippen LogP contribution >= 0.6 is 34.9 Å². The van der Waals surface area contributed by atoms with Crippen LogP contribution in [0.25, 0.3) is 0 Å². The van der Waals surface area contributed by atoms with Gasteiger partial charge in [-0.05, 0) is 11.4 Å². The number of rotatable bonds is 2. The Morgan fingerprint density at radius 3 is 2.65 bits per heavy atom. The highest BCUT2D eigenvalue weighted by molar-refractivity contribution is 8.13. The summed E-state index contributed by atoms with van der Waals surface area (Å²) in [7, 11) is -4.07. The molecule has 1 aliphatic heterocycles. The molecule has 8 nitrogen and oxygen atoms in total. The number of amidine groups is 1. The fraction of sp³-hybridized carbons (Fsp3) is 0.125. The van der Waals surface area contributed by atoms with Crippen molar-refractivity contribution >= 4 is 68.2 Å². The van der Waals surface area contributed by atoms with Crippen LogP contribution in [0.1, 0.15) is 0 Å². The predicted molar refractivity (Wildman–Crippen MR) is 78.4 cm³/mol. The number of hydrogen-bond donors (Lipinski definition) is 3. The van der Waals surface area contributed by atoms with Gasteiger partial charge in [-0.1, -0.05) is 11.6 Å². The van der Waals surface area contributed by atoms with Crippen molar-refractivity contribution in [1.29, 1.82) is 0 Å². The Hall–Kier alpha value is -1.14. The molecule has 0 radical (unpaired) electrons. The normalized spacial score (nSPS) is 18.8. The summed E-state index contributed by atoms with van der Waals surface area (Å²) in [5, 5.41) is 11.1. The summed E-state index contributed by atoms with van der Waals surface area (Å²) in [5.41, 5.74) is 0.371. The number of nitrogens with two attached hydrogens (primary N) is 1. The molecule has 12 heteroatoms. The molecule has 0 fully saturated rings. The lowest BCUT2D eigenvalue weighted by molar-refractivity contribution is -0.111. The van der Waals surface area contributed by atoms with Crippen LogP contribution in [0.3, 0.4) is 0 Å². The van der Waals surface area contributed by atoms with Crippen LogP contribution in [0.5, 0.6) is 0 Å². The highest BCUT2D eigenvalue weighted by Crippen LogP contribution is 2.28. The van der Waals surface area contributed by atoms with Gasteiger partial charge in [0.1, 0.15) is 4.34 Å². The fourth-order valence-corrected chi connectivity index (χ4v) is 3.64. The summed E-state index contributed by atoms with van der Waals surface area (Å²) < 4.78 is 24.6. The van der Waals surface area contributed by atoms with E-state index in [1.165, 1.54) is 11.3 Å². The van der Waals surface area contributed by atoms with Crippen molar-refractivity contribution in [1.82, 2.24) is 5.32 Å². The maximum Gasteiger partial charge on any atom is 0.325 e. The zero-order valence-corrected chi connectivity index (χ0v) is 12.7. The number of anilines is 1. The third kappa shape index (κ3) is 3.30. The number of ketones is 1. The monoisotopic (exact) mass is 354 g/mol. The number of nitrogens with one attached hydrogen (secondary N) is 2. The van der Waals surface area contributed by atoms with E-state index >= 15 is 0 Å². The Balaban J connectivity index is 2.00. The van der Waals surface area contributed by atoms with Gasteiger partial charge in [0.2, 0.25) is 20.4 Å². The van der Waals surface area contributed by atoms with Gasteiger partial charge in [0, 0.05) is 11.9 Å². The zero-order valence-electron chi connectivity index (χ0n) is 9.49. The number of primary sulfonamides is 1. The zero-order chi connectivity index (χ0) is 14.9. The fourth-order valence-electron chi connectivity index (χ4n) is 1.24. The molecular weight excluding hydrogens is 348 g/mol. The van der Waals surface area contributed by atoms with Crippen molar-refractivity contribution in [2.75, 3.05) is 5.32 Å². The molecule has 20 heavy (non-hydrogen) atoms. The minimum Gasteiger partial charge on any atom is -0.305 e. The van der Waals surface area contributed by atoms with E-state index in [-0.39, 0.29) is 5.84 Å². The van der Waals surface area contributed by atoms with E-state index in [4.69, 9.17) is 16.7 Å². The minimum absolute atomic E-state index is 0.371. The Kier molecular flexibility index (Phi) is 4.34. The number of sulfonamides is 1. The molecule has 1 atom stereocenters. The first-order valence-electron chi connectivity index (χ1n) is 4.89. The van der Waals surface area contributed by atoms with Crippen LogP contribution < -0.4 is 15.8 Å². The highest BCUT2D eigenvalue weighted by Gasteiger charge is 2.39. The number of carbonyl (C=O) groups excluding carboxylic acids is 2. The SMILES string of the molecule is NS(=O)(=O)C1SN=C(NC(=O)Nc2ccsc2Cl)C1=O. The van der Waals surface area contributed by atoms with Crippen LogP contribution in [0, 0.1) is 0 Å². The maximum absolute atomic E-state index is 11.7. The predicted octanol–water partition coefficient (Wildman–Crippen LogP) is 0.767. The van der Waals surface area contributed by atoms with Crippen molar-refractivity contribution in [3.63, 3.8) is 0 Å². The van der Waals surface area contributed by atoms with E-state index in [1.54, 1.807) is 11.4 Å². The molecule has 0 aliphatic carbocycles. The molecule has 0 saturated heterocycles. The van der Waals surface area contributed by atoms with Gasteiger partial charge in [-0.3, -0.25) is 10.1 Å². The molecule has 0 saturated carbocycles. The molecule has 2 heterocycles. The summed E-state index contributed by atoms with van der Waals surface area (Å²) in [4.78, 5) is 23.3. The standard InChI is InChI=1S/C8H7ClN4O4S3/c9-5-3(1-2-18-5)11-8(15)12-6-4(14)7(19-13-6)20(10,16)17/h1-2,7H,(H2,10,16,17)(H2,11,12,13,15). The average Bonchev–Trinajstić information content (AvgIpc) is 2.87. The molecule has 0 aromatic carbocycles. The van der Waals surface area contributed by atoms with E-state index in [9.17, 15) is 18.0 Å². The van der Waals surface area contributed by atoms with Crippen LogP contribution in [-0.4, -0.2) is 30.6 Å². The average molecular weight is 355 g/mol. The van der Waals surface area contributed by atoms with E-state index in [0.717, 1.165) is 0 Å². The maximum atomic E-state index is 11.7. The first-order chi connectivity index (χ1) is 9.29. The Morgan fingerprint density at radius 1 is 1.45 bits per heavy atom. The topological polar surface area (TPSA) is 131 Å². The van der Waals surface area contributed by atoms with Gasteiger partial charge in [-0.2, -0.15) is 4.40 Å². The molecule has 1 aromatic heterocycles. The first-order valence-corrected chi connectivity index (χ1v) is 8.60. The number of halogens is 1. The molecule has 2 amide bonds. The summed E-state index contributed by atoms with van der Waals surface area (Å²) >= 11 is 7.49. The number of hydrogen-bond acceptors (Lipinski definition) is 7. The molecule has 4 N–H and O–H groups in total. The summed E-state index contributed by atoms with van der Waals surface area (Å²) in [6.07, 6.45) is 0. The summed E-state index contributed by atoms with van der Waals surface area (Å²) in [6, 6.07) is 0.820. The van der Waals surface area contributed by atoms with Crippen LogP contribution in [-0.2, 0) is 14.8 Å². The van der Waals surface area contributed by atoms with E-state index in [1.807, 2.05) is 0 Å². The van der Waals surface area contributed by atoms with E-state index < -0.39 is 26.4 Å². The molecule has 2 rings (SSSR count). The lowest BCUT2D eigenvalue weighted by atomic mass is 10.4. The largest absolute Gasteiger partial charge is 0.325 e. The lowest BCUT2D eigenvalue weighted by Crippen LogP contribution is -2.42. The quantitative estimate of drug-likeness (QED) is 0.675. The third-order valence-electron chi connectivity index (χ3n) is 2.08. The van der Waals surface area contributed by atoms with Gasteiger partial charge >= 0.3 is 6.03 Å². The second-order valence-corrected chi connectivity index (χ2v) is 7.85. The summed E-state index contributed by atoms with van der Waals surface area (Å²) in [6.45, 7) is 0. The van der Waals surface area contributed by atoms with Gasteiger partial charge in [-0.25, -0.2) is 18.4 Å². The van der Waals surface area contributed by atoms with Gasteiger partial charge in [0.15, 0.2) is 5.84 Å². The van der Waals surface area contributed by atoms with Crippen molar-refractivity contribution in [3.8, 4) is 0 Å². The molecule has 1 aromatic rings. The van der Waals surface area contributed by atoms with E-state index in [0.29, 0.717) is 22.0 Å². The Labute approximate surface area is 127 Å². The second kappa shape index (κ2) is 5.69. The van der Waals surface area contributed by atoms with Crippen molar-refractivity contribution in [2.45, 2.75) is 4.58 Å². The van der Waals surface area contributed by atoms with Crippen molar-refractivity contribution < 1.29 is 18.0 Å². The van der Waals surface area contributed by atoms with Gasteiger partial charge in [0.25, 0.3) is 0 Å². The number of urea groups is 1. The lowest BCUT2D eigenvalue weighted by Gasteiger charge is -2.06. The van der Waals surface area contributed by atoms with Gasteiger partial charge < -0.3 is 5.32 Å². The number of thiophene rings is 1. The van der Waals surface area contributed by atoms with Crippen molar-refractivity contribution in [2.24, 2.45) is 9.54 Å². The smallest absolute Gasteiger partial charge is 0.305 e. The highest BCUT2D eigenvalue weighted by atomic mass is 35.5. The number of carbonyl (C=O) groups is 2.